The van der Waals surface area contributed by atoms with Gasteiger partial charge in [-0.3, -0.25) is 4.79 Å². The molecule has 1 aromatic heterocycles. The second-order valence-electron chi connectivity index (χ2n) is 6.84. The Kier molecular flexibility index (Phi) is 3.96. The van der Waals surface area contributed by atoms with Gasteiger partial charge in [0, 0.05) is 5.39 Å². The molecule has 0 fully saturated rings. The average Bonchev–Trinajstić information content (AvgIpc) is 3.07. The third-order valence-corrected chi connectivity index (χ3v) is 4.21. The summed E-state index contributed by atoms with van der Waals surface area (Å²) in [5.74, 6) is 0.611. The molecule has 0 spiro atoms. The van der Waals surface area contributed by atoms with E-state index in [0.29, 0.717) is 5.58 Å². The predicted molar refractivity (Wildman–Crippen MR) is 103 cm³/mol. The number of benzene rings is 2. The number of phenols is 1. The number of nitrogens with one attached hydrogen (secondary N) is 1. The van der Waals surface area contributed by atoms with Crippen LogP contribution in [0.15, 0.2) is 58.1 Å². The predicted octanol–water partition coefficient (Wildman–Crippen LogP) is 4.09. The van der Waals surface area contributed by atoms with Crippen LogP contribution in [0.25, 0.3) is 17.0 Å². The van der Waals surface area contributed by atoms with Crippen molar-refractivity contribution >= 4 is 29.2 Å². The number of amides is 1. The van der Waals surface area contributed by atoms with Gasteiger partial charge in [-0.05, 0) is 74.0 Å². The number of rotatable bonds is 3. The van der Waals surface area contributed by atoms with Crippen LogP contribution in [0.4, 0.5) is 0 Å². The van der Waals surface area contributed by atoms with Gasteiger partial charge in [-0.1, -0.05) is 0 Å². The molecular formula is C21H18N2O4. The van der Waals surface area contributed by atoms with Gasteiger partial charge in [0.15, 0.2) is 5.76 Å². The molecule has 2 aromatic carbocycles. The smallest absolute Gasteiger partial charge is 0.307 e. The van der Waals surface area contributed by atoms with Crippen molar-refractivity contribution in [1.29, 1.82) is 0 Å². The SMILES string of the molecule is CC1(C)C=Cc2c(ccc3cc(C(=O)N/N=C/c4ccc(O)cc4)oc23)O1. The molecule has 0 unspecified atom stereocenters. The highest BCUT2D eigenvalue weighted by Crippen LogP contribution is 2.37. The molecular weight excluding hydrogens is 344 g/mol. The van der Waals surface area contributed by atoms with Crippen molar-refractivity contribution in [2.24, 2.45) is 5.10 Å². The highest BCUT2D eigenvalue weighted by atomic mass is 16.5. The summed E-state index contributed by atoms with van der Waals surface area (Å²) in [5.41, 5.74) is 4.23. The molecule has 2 heterocycles. The van der Waals surface area contributed by atoms with Crippen LogP contribution in [0.5, 0.6) is 11.5 Å². The Hall–Kier alpha value is -3.54. The lowest BCUT2D eigenvalue weighted by atomic mass is 10.0. The van der Waals surface area contributed by atoms with E-state index in [1.54, 1.807) is 30.3 Å². The minimum absolute atomic E-state index is 0.166. The number of carbonyl (C=O) groups is 1. The zero-order chi connectivity index (χ0) is 19.0. The number of ether oxygens (including phenoxy) is 1. The van der Waals surface area contributed by atoms with Crippen molar-refractivity contribution in [3.63, 3.8) is 0 Å². The molecule has 1 amide bonds. The second-order valence-corrected chi connectivity index (χ2v) is 6.84. The quantitative estimate of drug-likeness (QED) is 0.543. The summed E-state index contributed by atoms with van der Waals surface area (Å²) in [5, 5.41) is 14.0. The second kappa shape index (κ2) is 6.32. The van der Waals surface area contributed by atoms with Gasteiger partial charge in [0.05, 0.1) is 11.8 Å². The summed E-state index contributed by atoms with van der Waals surface area (Å²) in [6.45, 7) is 3.95. The van der Waals surface area contributed by atoms with Gasteiger partial charge in [-0.2, -0.15) is 5.10 Å². The molecule has 0 radical (unpaired) electrons. The fourth-order valence-electron chi connectivity index (χ4n) is 2.85. The average molecular weight is 362 g/mol. The van der Waals surface area contributed by atoms with E-state index in [2.05, 4.69) is 10.5 Å². The van der Waals surface area contributed by atoms with Crippen molar-refractivity contribution in [2.45, 2.75) is 19.4 Å². The first-order valence-electron chi connectivity index (χ1n) is 8.48. The van der Waals surface area contributed by atoms with Crippen LogP contribution in [0.2, 0.25) is 0 Å². The van der Waals surface area contributed by atoms with E-state index >= 15 is 0 Å². The molecule has 1 aliphatic rings. The van der Waals surface area contributed by atoms with Gasteiger partial charge < -0.3 is 14.3 Å². The summed E-state index contributed by atoms with van der Waals surface area (Å²) in [7, 11) is 0. The summed E-state index contributed by atoms with van der Waals surface area (Å²) < 4.78 is 11.7. The molecule has 0 aliphatic carbocycles. The monoisotopic (exact) mass is 362 g/mol. The molecule has 0 saturated heterocycles. The number of hydrogen-bond donors (Lipinski definition) is 2. The minimum atomic E-state index is -0.448. The maximum atomic E-state index is 12.3. The van der Waals surface area contributed by atoms with Gasteiger partial charge in [-0.25, -0.2) is 5.43 Å². The molecule has 0 atom stereocenters. The van der Waals surface area contributed by atoms with Crippen LogP contribution in [0.1, 0.15) is 35.5 Å². The molecule has 4 rings (SSSR count). The highest BCUT2D eigenvalue weighted by molar-refractivity contribution is 5.99. The molecule has 136 valence electrons. The number of carbonyl (C=O) groups excluding carboxylic acids is 1. The molecule has 6 heteroatoms. The standard InChI is InChI=1S/C21H18N2O4/c1-21(2)10-9-16-17(27-21)8-5-14-11-18(26-19(14)16)20(25)23-22-12-13-3-6-15(24)7-4-13/h3-12,24H,1-2H3,(H,23,25)/b22-12+. The van der Waals surface area contributed by atoms with Gasteiger partial charge in [-0.15, -0.1) is 0 Å². The number of hydrazone groups is 1. The number of hydrogen-bond acceptors (Lipinski definition) is 5. The first kappa shape index (κ1) is 16.9. The number of aromatic hydroxyl groups is 1. The van der Waals surface area contributed by atoms with Crippen molar-refractivity contribution < 1.29 is 19.1 Å². The van der Waals surface area contributed by atoms with Crippen LogP contribution < -0.4 is 10.2 Å². The Morgan fingerprint density at radius 2 is 1.96 bits per heavy atom. The van der Waals surface area contributed by atoms with Crippen LogP contribution >= 0.6 is 0 Å². The summed E-state index contributed by atoms with van der Waals surface area (Å²) >= 11 is 0. The summed E-state index contributed by atoms with van der Waals surface area (Å²) in [4.78, 5) is 12.3. The molecule has 6 nitrogen and oxygen atoms in total. The van der Waals surface area contributed by atoms with E-state index in [1.165, 1.54) is 6.21 Å². The zero-order valence-electron chi connectivity index (χ0n) is 14.9. The Labute approximate surface area is 155 Å². The van der Waals surface area contributed by atoms with Crippen molar-refractivity contribution in [2.75, 3.05) is 0 Å². The summed E-state index contributed by atoms with van der Waals surface area (Å²) in [6.07, 6.45) is 5.40. The van der Waals surface area contributed by atoms with Gasteiger partial charge in [0.25, 0.3) is 0 Å². The largest absolute Gasteiger partial charge is 0.508 e. The first-order chi connectivity index (χ1) is 12.9. The maximum absolute atomic E-state index is 12.3. The van der Waals surface area contributed by atoms with E-state index in [0.717, 1.165) is 22.3 Å². The number of nitrogens with zero attached hydrogens (tertiary/aromatic N) is 1. The third kappa shape index (κ3) is 3.42. The van der Waals surface area contributed by atoms with Gasteiger partial charge >= 0.3 is 5.91 Å². The Bertz CT molecular complexity index is 1080. The lowest BCUT2D eigenvalue weighted by Crippen LogP contribution is -2.27. The molecule has 2 N–H and O–H groups in total. The minimum Gasteiger partial charge on any atom is -0.508 e. The molecule has 1 aliphatic heterocycles. The van der Waals surface area contributed by atoms with Crippen molar-refractivity contribution in [3.8, 4) is 11.5 Å². The molecule has 27 heavy (non-hydrogen) atoms. The Balaban J connectivity index is 1.55. The molecule has 0 saturated carbocycles. The van der Waals surface area contributed by atoms with E-state index in [1.807, 2.05) is 38.1 Å². The maximum Gasteiger partial charge on any atom is 0.307 e. The van der Waals surface area contributed by atoms with E-state index in [9.17, 15) is 9.90 Å². The summed E-state index contributed by atoms with van der Waals surface area (Å²) in [6, 6.07) is 11.9. The Morgan fingerprint density at radius 1 is 1.19 bits per heavy atom. The first-order valence-corrected chi connectivity index (χ1v) is 8.48. The molecule has 0 bridgehead atoms. The fourth-order valence-corrected chi connectivity index (χ4v) is 2.85. The zero-order valence-corrected chi connectivity index (χ0v) is 14.9. The lowest BCUT2D eigenvalue weighted by molar-refractivity contribution is 0.0929. The third-order valence-electron chi connectivity index (χ3n) is 4.21. The topological polar surface area (TPSA) is 84.1 Å². The molecule has 3 aromatic rings. The normalized spacial score (nSPS) is 14.9. The number of phenolic OH excluding ortho intramolecular Hbond substituents is 1. The highest BCUT2D eigenvalue weighted by Gasteiger charge is 2.24. The fraction of sp³-hybridized carbons (Fsp3) is 0.143. The number of fused-ring (bicyclic) bond motifs is 3. The van der Waals surface area contributed by atoms with Crippen LogP contribution in [-0.2, 0) is 0 Å². The van der Waals surface area contributed by atoms with Crippen molar-refractivity contribution in [3.05, 3.63) is 65.4 Å². The van der Waals surface area contributed by atoms with Crippen LogP contribution in [-0.4, -0.2) is 22.8 Å². The van der Waals surface area contributed by atoms with Gasteiger partial charge in [0.1, 0.15) is 22.7 Å². The van der Waals surface area contributed by atoms with E-state index < -0.39 is 5.91 Å². The lowest BCUT2D eigenvalue weighted by Gasteiger charge is -2.27. The van der Waals surface area contributed by atoms with Gasteiger partial charge in [0.2, 0.25) is 0 Å². The Morgan fingerprint density at radius 3 is 2.74 bits per heavy atom. The van der Waals surface area contributed by atoms with Crippen LogP contribution in [0, 0.1) is 0 Å². The van der Waals surface area contributed by atoms with E-state index in [4.69, 9.17) is 9.15 Å². The number of furan rings is 1. The van der Waals surface area contributed by atoms with E-state index in [-0.39, 0.29) is 17.1 Å². The van der Waals surface area contributed by atoms with Crippen LogP contribution in [0.3, 0.4) is 0 Å². The van der Waals surface area contributed by atoms with Crippen molar-refractivity contribution in [1.82, 2.24) is 5.43 Å².